The van der Waals surface area contributed by atoms with Crippen molar-refractivity contribution in [1.82, 2.24) is 62.5 Å². The van der Waals surface area contributed by atoms with Crippen molar-refractivity contribution in [3.63, 3.8) is 0 Å². The van der Waals surface area contributed by atoms with Crippen LogP contribution in [-0.4, -0.2) is 170 Å². The van der Waals surface area contributed by atoms with Crippen molar-refractivity contribution in [3.05, 3.63) is 67.3 Å². The first-order chi connectivity index (χ1) is 40.4. The van der Waals surface area contributed by atoms with E-state index in [9.17, 15) is 48.0 Å². The number of aromatic hydroxyl groups is 1. The van der Waals surface area contributed by atoms with Gasteiger partial charge >= 0.3 is 0 Å². The zero-order chi connectivity index (χ0) is 62.8. The number of phenols is 1. The summed E-state index contributed by atoms with van der Waals surface area (Å²) in [5, 5.41) is 48.1. The van der Waals surface area contributed by atoms with Crippen LogP contribution in [0, 0.1) is 18.8 Å². The van der Waals surface area contributed by atoms with Gasteiger partial charge in [-0.15, -0.1) is 22.7 Å². The minimum atomic E-state index is -1.55. The van der Waals surface area contributed by atoms with Crippen LogP contribution in [-0.2, 0) is 47.6 Å². The summed E-state index contributed by atoms with van der Waals surface area (Å²) in [7, 11) is -1.43. The molecule has 470 valence electrons. The third kappa shape index (κ3) is 24.5. The molecule has 4 aromatic rings. The number of carbonyl (C=O) groups excluding carboxylic acids is 7. The Labute approximate surface area is 510 Å². The molecule has 0 fully saturated rings. The Morgan fingerprint density at radius 2 is 1.47 bits per heavy atom. The Morgan fingerprint density at radius 3 is 2.11 bits per heavy atom. The van der Waals surface area contributed by atoms with Crippen molar-refractivity contribution in [1.29, 1.82) is 0 Å². The second-order valence-electron chi connectivity index (χ2n) is 20.9. The molecule has 0 aliphatic rings. The number of rotatable bonds is 40. The predicted molar refractivity (Wildman–Crippen MR) is 329 cm³/mol. The number of anilines is 1. The first-order valence-electron chi connectivity index (χ1n) is 28.0. The molecule has 31 heteroatoms. The number of benzene rings is 1. The van der Waals surface area contributed by atoms with Gasteiger partial charge in [-0.3, -0.25) is 37.8 Å². The maximum Gasteiger partial charge on any atom is 0.271 e. The van der Waals surface area contributed by atoms with Crippen LogP contribution in [0.2, 0.25) is 4.34 Å². The number of hydrogen-bond donors (Lipinski definition) is 15. The Hall–Kier alpha value is -6.35. The fourth-order valence-electron chi connectivity index (χ4n) is 8.46. The lowest BCUT2D eigenvalue weighted by atomic mass is 9.90. The average Bonchev–Trinajstić information content (AvgIpc) is 4.17. The van der Waals surface area contributed by atoms with Crippen LogP contribution in [0.3, 0.4) is 0 Å². The van der Waals surface area contributed by atoms with Crippen LogP contribution in [0.4, 0.5) is 5.82 Å². The van der Waals surface area contributed by atoms with Crippen LogP contribution >= 0.6 is 34.3 Å². The summed E-state index contributed by atoms with van der Waals surface area (Å²) < 4.78 is 12.7. The lowest BCUT2D eigenvalue weighted by Crippen LogP contribution is -2.57. The lowest BCUT2D eigenvalue weighted by Gasteiger charge is -2.31. The molecule has 7 amide bonds. The molecule has 3 heterocycles. The first-order valence-corrected chi connectivity index (χ1v) is 31.9. The van der Waals surface area contributed by atoms with E-state index in [1.54, 1.807) is 17.5 Å². The zero-order valence-electron chi connectivity index (χ0n) is 48.7. The highest BCUT2D eigenvalue weighted by atomic mass is 35.5. The number of nitrogens with one attached hydrogen (secondary N) is 8. The number of unbranched alkanes of at least 4 members (excludes halogenated alkanes) is 1. The number of amides is 7. The molecule has 1 aromatic carbocycles. The Balaban J connectivity index is 1.42. The van der Waals surface area contributed by atoms with Gasteiger partial charge in [0, 0.05) is 72.6 Å². The topological polar surface area (TPSA) is 455 Å². The monoisotopic (exact) mass is 1260 g/mol. The minimum absolute atomic E-state index is 0.0111. The molecule has 0 aliphatic carbocycles. The van der Waals surface area contributed by atoms with E-state index in [0.29, 0.717) is 38.7 Å². The number of phenolic OH excluding ortho intramolecular Hbond substituents is 1. The van der Waals surface area contributed by atoms with E-state index in [-0.39, 0.29) is 90.7 Å². The van der Waals surface area contributed by atoms with Crippen LogP contribution in [0.5, 0.6) is 5.75 Å². The van der Waals surface area contributed by atoms with Crippen molar-refractivity contribution in [2.45, 2.75) is 122 Å². The van der Waals surface area contributed by atoms with Crippen molar-refractivity contribution >= 4 is 92.2 Å². The van der Waals surface area contributed by atoms with Gasteiger partial charge < -0.3 is 81.4 Å². The number of nitrogen functional groups attached to an aromatic ring is 1. The molecule has 0 saturated heterocycles. The highest BCUT2D eigenvalue weighted by Crippen LogP contribution is 2.34. The Bertz CT molecular complexity index is 2860. The molecule has 27 nitrogen and oxygen atoms in total. The van der Waals surface area contributed by atoms with E-state index in [4.69, 9.17) is 40.3 Å². The molecule has 0 aliphatic heterocycles. The van der Waals surface area contributed by atoms with Gasteiger partial charge in [0.05, 0.1) is 35.2 Å². The van der Waals surface area contributed by atoms with Crippen LogP contribution < -0.4 is 71.2 Å². The third-order valence-electron chi connectivity index (χ3n) is 13.3. The maximum absolute atomic E-state index is 14.3. The molecule has 0 saturated carbocycles. The fraction of sp³-hybridized carbons (Fsp3) is 0.574. The number of nitrogens with zero attached hydrogens (tertiary/aromatic N) is 4. The number of primary amides is 2. The van der Waals surface area contributed by atoms with Gasteiger partial charge in [0.1, 0.15) is 55.9 Å². The molecule has 4 rings (SSSR count). The van der Waals surface area contributed by atoms with E-state index in [0.717, 1.165) is 51.9 Å². The smallest absolute Gasteiger partial charge is 0.271 e. The lowest BCUT2D eigenvalue weighted by molar-refractivity contribution is -0.134. The van der Waals surface area contributed by atoms with Crippen molar-refractivity contribution in [2.24, 2.45) is 34.8 Å². The third-order valence-corrected chi connectivity index (χ3v) is 16.3. The quantitative estimate of drug-likeness (QED) is 0.0250. The molecular formula is C54H84ClN17O10S3. The summed E-state index contributed by atoms with van der Waals surface area (Å²) in [6.45, 7) is 11.1. The van der Waals surface area contributed by atoms with Gasteiger partial charge in [0.15, 0.2) is 0 Å². The van der Waals surface area contributed by atoms with Crippen molar-refractivity contribution in [2.75, 3.05) is 70.1 Å². The van der Waals surface area contributed by atoms with Crippen LogP contribution in [0.15, 0.2) is 29.6 Å². The largest absolute Gasteiger partial charge is 0.508 e. The summed E-state index contributed by atoms with van der Waals surface area (Å²) in [5.41, 5.74) is 29.3. The number of hydrogen-bond acceptors (Lipinski definition) is 22. The Kier molecular flexibility index (Phi) is 30.6. The highest BCUT2D eigenvalue weighted by molar-refractivity contribution is 7.84. The standard InChI is InChI=1S/C54H84ClN17O10S3/c1-29(2)24-36(67-52(80)35(15-23-85(5)82)66-53(81)42-30(3)46(59)72-48(71-42)37(26-40(58)74)65-27-34(57)47(60)76)44(75)31(4)49(77)68-38(25-32-10-12-33(73)13-11-32)50(78)64-22-14-41-70-43(45(55)84-41)54-69-39(28-83-54)51(79)63-21-9-20-62-18-7-6-17-61-19-8-16-56/h10-13,28-29,31,34-38,44,61-62,65,73,75H,6-9,14-27,56-57H2,1-5H3,(H2,58,74)(H2,60,76)(H,63,79)(H,64,78)(H,66,81)(H,67,80)(H,68,77)(H2,59,71,72)/t31-,34-,35-,36+,37-,38-,44-,85?/m0/s1. The zero-order valence-corrected chi connectivity index (χ0v) is 51.9. The number of halogens is 1. The molecule has 85 heavy (non-hydrogen) atoms. The van der Waals surface area contributed by atoms with Crippen LogP contribution in [0.1, 0.15) is 115 Å². The molecule has 0 spiro atoms. The van der Waals surface area contributed by atoms with Gasteiger partial charge in [-0.1, -0.05) is 44.5 Å². The van der Waals surface area contributed by atoms with Crippen molar-refractivity contribution in [3.8, 4) is 16.5 Å². The second kappa shape index (κ2) is 36.6. The maximum atomic E-state index is 14.3. The molecule has 8 atom stereocenters. The summed E-state index contributed by atoms with van der Waals surface area (Å²) >= 11 is 9.05. The second-order valence-corrected chi connectivity index (χ2v) is 25.0. The number of thiazole rings is 2. The minimum Gasteiger partial charge on any atom is -0.508 e. The van der Waals surface area contributed by atoms with E-state index >= 15 is 0 Å². The number of nitrogens with two attached hydrogens (primary N) is 5. The van der Waals surface area contributed by atoms with E-state index in [1.165, 1.54) is 54.9 Å². The highest BCUT2D eigenvalue weighted by Gasteiger charge is 2.36. The summed E-state index contributed by atoms with van der Waals surface area (Å²) in [4.78, 5) is 111. The first kappa shape index (κ1) is 71.1. The van der Waals surface area contributed by atoms with Gasteiger partial charge in [0.2, 0.25) is 29.5 Å². The fourth-order valence-corrected chi connectivity index (χ4v) is 11.1. The Morgan fingerprint density at radius 1 is 0.800 bits per heavy atom. The van der Waals surface area contributed by atoms with E-state index in [1.807, 2.05) is 13.8 Å². The predicted octanol–water partition coefficient (Wildman–Crippen LogP) is -0.466. The molecular weight excluding hydrogens is 1180 g/mol. The van der Waals surface area contributed by atoms with Gasteiger partial charge in [0.25, 0.3) is 11.8 Å². The van der Waals surface area contributed by atoms with Crippen LogP contribution in [0.25, 0.3) is 10.7 Å². The number of carbonyl (C=O) groups is 7. The SMILES string of the molecule is Cc1c(N)nc([C@H](CC(N)=O)NC[C@H](N)C(N)=O)nc1C(=O)N[C@@H](CCS(C)=O)C(=O)N[C@H](CC(C)C)[C@@H](O)[C@H](C)C(=O)N[C@@H](Cc1ccc(O)cc1)C(=O)NCCc1nc(-c2nc(C(=O)NCCCNCCCCNCCCN)cs2)c(Cl)s1. The summed E-state index contributed by atoms with van der Waals surface area (Å²) in [5.74, 6) is -6.69. The van der Waals surface area contributed by atoms with Gasteiger partial charge in [-0.05, 0) is 102 Å². The van der Waals surface area contributed by atoms with Gasteiger partial charge in [-0.2, -0.15) is 0 Å². The number of aliphatic hydroxyl groups excluding tert-OH is 1. The molecule has 20 N–H and O–H groups in total. The average molecular weight is 1260 g/mol. The molecule has 1 unspecified atom stereocenters. The normalized spacial score (nSPS) is 14.3. The van der Waals surface area contributed by atoms with Gasteiger partial charge in [-0.25, -0.2) is 19.9 Å². The summed E-state index contributed by atoms with van der Waals surface area (Å²) in [6.07, 6.45) is 3.53. The molecule has 0 bridgehead atoms. The number of aliphatic hydroxyl groups is 1. The van der Waals surface area contributed by atoms with E-state index < -0.39 is 94.9 Å². The molecule has 3 aromatic heterocycles. The van der Waals surface area contributed by atoms with E-state index in [2.05, 4.69) is 62.5 Å². The molecule has 0 radical (unpaired) electrons. The van der Waals surface area contributed by atoms with Crippen molar-refractivity contribution < 1.29 is 48.0 Å². The summed E-state index contributed by atoms with van der Waals surface area (Å²) in [6, 6.07) is 0.178. The number of aromatic nitrogens is 4.